The highest BCUT2D eigenvalue weighted by Gasteiger charge is 2.37. The number of aromatic nitrogens is 1. The lowest BCUT2D eigenvalue weighted by atomic mass is 10.2. The SMILES string of the molecule is CCN1C(=O)CC(Nc2cnccc2C)C1=O. The molecular weight excluding hydrogens is 218 g/mol. The Hall–Kier alpha value is -1.91. The lowest BCUT2D eigenvalue weighted by Crippen LogP contribution is -2.34. The van der Waals surface area contributed by atoms with Crippen molar-refractivity contribution >= 4 is 17.5 Å². The Morgan fingerprint density at radius 1 is 1.53 bits per heavy atom. The van der Waals surface area contributed by atoms with E-state index in [0.717, 1.165) is 11.3 Å². The number of rotatable bonds is 3. The molecule has 0 radical (unpaired) electrons. The summed E-state index contributed by atoms with van der Waals surface area (Å²) in [5, 5.41) is 3.08. The van der Waals surface area contributed by atoms with Gasteiger partial charge in [0.05, 0.1) is 18.3 Å². The summed E-state index contributed by atoms with van der Waals surface area (Å²) in [4.78, 5) is 28.7. The third-order valence-electron chi connectivity index (χ3n) is 2.93. The molecule has 1 saturated heterocycles. The van der Waals surface area contributed by atoms with Gasteiger partial charge in [-0.3, -0.25) is 19.5 Å². The van der Waals surface area contributed by atoms with Crippen LogP contribution in [0.1, 0.15) is 18.9 Å². The Morgan fingerprint density at radius 3 is 2.88 bits per heavy atom. The van der Waals surface area contributed by atoms with Crippen LogP contribution in [0.15, 0.2) is 18.5 Å². The minimum Gasteiger partial charge on any atom is -0.372 e. The largest absolute Gasteiger partial charge is 0.372 e. The molecular formula is C12H15N3O2. The predicted octanol–water partition coefficient (Wildman–Crippen LogP) is 0.949. The van der Waals surface area contributed by atoms with Gasteiger partial charge >= 0.3 is 0 Å². The molecule has 1 unspecified atom stereocenters. The first-order valence-corrected chi connectivity index (χ1v) is 5.65. The minimum absolute atomic E-state index is 0.114. The van der Waals surface area contributed by atoms with Crippen molar-refractivity contribution in [2.24, 2.45) is 0 Å². The summed E-state index contributed by atoms with van der Waals surface area (Å²) in [5.74, 6) is -0.266. The standard InChI is InChI=1S/C12H15N3O2/c1-3-15-11(16)6-9(12(15)17)14-10-7-13-5-4-8(10)2/h4-5,7,9,14H,3,6H2,1-2H3. The maximum absolute atomic E-state index is 11.9. The molecule has 2 amide bonds. The van der Waals surface area contributed by atoms with Crippen molar-refractivity contribution in [3.8, 4) is 0 Å². The molecule has 0 spiro atoms. The highest BCUT2D eigenvalue weighted by Crippen LogP contribution is 2.19. The topological polar surface area (TPSA) is 62.3 Å². The number of likely N-dealkylation sites (N-methyl/N-ethyl adjacent to an activating group) is 1. The third kappa shape index (κ3) is 2.13. The molecule has 5 nitrogen and oxygen atoms in total. The zero-order valence-electron chi connectivity index (χ0n) is 9.93. The van der Waals surface area contributed by atoms with Crippen molar-refractivity contribution in [2.45, 2.75) is 26.3 Å². The van der Waals surface area contributed by atoms with Crippen molar-refractivity contribution in [3.05, 3.63) is 24.0 Å². The van der Waals surface area contributed by atoms with Crippen molar-refractivity contribution in [2.75, 3.05) is 11.9 Å². The van der Waals surface area contributed by atoms with E-state index in [-0.39, 0.29) is 18.2 Å². The second-order valence-electron chi connectivity index (χ2n) is 4.07. The molecule has 0 bridgehead atoms. The number of nitrogens with zero attached hydrogens (tertiary/aromatic N) is 2. The number of anilines is 1. The van der Waals surface area contributed by atoms with E-state index in [2.05, 4.69) is 10.3 Å². The molecule has 1 aromatic rings. The smallest absolute Gasteiger partial charge is 0.252 e. The van der Waals surface area contributed by atoms with E-state index in [1.165, 1.54) is 4.90 Å². The van der Waals surface area contributed by atoms with Gasteiger partial charge in [0.15, 0.2) is 0 Å². The minimum atomic E-state index is -0.453. The Kier molecular flexibility index (Phi) is 3.08. The van der Waals surface area contributed by atoms with Crippen molar-refractivity contribution < 1.29 is 9.59 Å². The van der Waals surface area contributed by atoms with Gasteiger partial charge in [0.25, 0.3) is 5.91 Å². The van der Waals surface area contributed by atoms with Crippen LogP contribution in [0.5, 0.6) is 0 Å². The summed E-state index contributed by atoms with van der Waals surface area (Å²) in [7, 11) is 0. The molecule has 2 heterocycles. The van der Waals surface area contributed by atoms with Gasteiger partial charge in [-0.15, -0.1) is 0 Å². The third-order valence-corrected chi connectivity index (χ3v) is 2.93. The lowest BCUT2D eigenvalue weighted by Gasteiger charge is -2.15. The van der Waals surface area contributed by atoms with Gasteiger partial charge in [0.1, 0.15) is 6.04 Å². The average Bonchev–Trinajstić information content (AvgIpc) is 2.57. The van der Waals surface area contributed by atoms with Crippen molar-refractivity contribution in [3.63, 3.8) is 0 Å². The van der Waals surface area contributed by atoms with E-state index in [4.69, 9.17) is 0 Å². The van der Waals surface area contributed by atoms with Crippen LogP contribution in [0.25, 0.3) is 0 Å². The molecule has 1 aromatic heterocycles. The van der Waals surface area contributed by atoms with Gasteiger partial charge in [0, 0.05) is 12.7 Å². The molecule has 5 heteroatoms. The Morgan fingerprint density at radius 2 is 2.29 bits per heavy atom. The van der Waals surface area contributed by atoms with Gasteiger partial charge in [-0.2, -0.15) is 0 Å². The van der Waals surface area contributed by atoms with Crippen LogP contribution in [0.3, 0.4) is 0 Å². The summed E-state index contributed by atoms with van der Waals surface area (Å²) >= 11 is 0. The van der Waals surface area contributed by atoms with Crippen LogP contribution in [-0.2, 0) is 9.59 Å². The zero-order valence-corrected chi connectivity index (χ0v) is 9.93. The quantitative estimate of drug-likeness (QED) is 0.789. The molecule has 17 heavy (non-hydrogen) atoms. The number of nitrogens with one attached hydrogen (secondary N) is 1. The fraction of sp³-hybridized carbons (Fsp3) is 0.417. The number of hydrogen-bond acceptors (Lipinski definition) is 4. The molecule has 2 rings (SSSR count). The molecule has 1 atom stereocenters. The van der Waals surface area contributed by atoms with Crippen molar-refractivity contribution in [1.29, 1.82) is 0 Å². The average molecular weight is 233 g/mol. The highest BCUT2D eigenvalue weighted by molar-refractivity contribution is 6.06. The number of carbonyl (C=O) groups excluding carboxylic acids is 2. The predicted molar refractivity (Wildman–Crippen MR) is 63.4 cm³/mol. The van der Waals surface area contributed by atoms with E-state index in [1.54, 1.807) is 19.3 Å². The van der Waals surface area contributed by atoms with E-state index < -0.39 is 6.04 Å². The van der Waals surface area contributed by atoms with Gasteiger partial charge < -0.3 is 5.32 Å². The second kappa shape index (κ2) is 4.53. The Labute approximate surface area is 99.8 Å². The molecule has 1 aliphatic rings. The van der Waals surface area contributed by atoms with E-state index in [9.17, 15) is 9.59 Å². The first-order chi connectivity index (χ1) is 8.13. The summed E-state index contributed by atoms with van der Waals surface area (Å²) in [6.45, 7) is 4.16. The van der Waals surface area contributed by atoms with Crippen LogP contribution in [0, 0.1) is 6.92 Å². The molecule has 90 valence electrons. The number of likely N-dealkylation sites (tertiary alicyclic amines) is 1. The first kappa shape index (κ1) is 11.6. The first-order valence-electron chi connectivity index (χ1n) is 5.65. The van der Waals surface area contributed by atoms with E-state index in [0.29, 0.717) is 6.54 Å². The van der Waals surface area contributed by atoms with Gasteiger partial charge in [0.2, 0.25) is 5.91 Å². The maximum atomic E-state index is 11.9. The van der Waals surface area contributed by atoms with Gasteiger partial charge in [-0.05, 0) is 25.5 Å². The Bertz CT molecular complexity index is 459. The van der Waals surface area contributed by atoms with Crippen LogP contribution >= 0.6 is 0 Å². The van der Waals surface area contributed by atoms with Crippen LogP contribution in [0.4, 0.5) is 5.69 Å². The molecule has 0 aliphatic carbocycles. The molecule has 1 fully saturated rings. The number of aryl methyl sites for hydroxylation is 1. The summed E-state index contributed by atoms with van der Waals surface area (Å²) in [6, 6.07) is 1.41. The van der Waals surface area contributed by atoms with Crippen LogP contribution < -0.4 is 5.32 Å². The molecule has 0 saturated carbocycles. The second-order valence-corrected chi connectivity index (χ2v) is 4.07. The van der Waals surface area contributed by atoms with Gasteiger partial charge in [-0.1, -0.05) is 0 Å². The maximum Gasteiger partial charge on any atom is 0.252 e. The monoisotopic (exact) mass is 233 g/mol. The number of carbonyl (C=O) groups is 2. The molecule has 0 aromatic carbocycles. The van der Waals surface area contributed by atoms with E-state index >= 15 is 0 Å². The van der Waals surface area contributed by atoms with Gasteiger partial charge in [-0.25, -0.2) is 0 Å². The summed E-state index contributed by atoms with van der Waals surface area (Å²) in [6.07, 6.45) is 3.59. The normalized spacial score (nSPS) is 19.9. The van der Waals surface area contributed by atoms with Crippen molar-refractivity contribution in [1.82, 2.24) is 9.88 Å². The van der Waals surface area contributed by atoms with Crippen LogP contribution in [-0.4, -0.2) is 34.3 Å². The Balaban J connectivity index is 2.14. The molecule has 1 aliphatic heterocycles. The fourth-order valence-electron chi connectivity index (χ4n) is 1.93. The highest BCUT2D eigenvalue weighted by atomic mass is 16.2. The number of imide groups is 1. The molecule has 1 N–H and O–H groups in total. The number of amides is 2. The number of hydrogen-bond donors (Lipinski definition) is 1. The van der Waals surface area contributed by atoms with Crippen LogP contribution in [0.2, 0.25) is 0 Å². The zero-order chi connectivity index (χ0) is 12.4. The summed E-state index contributed by atoms with van der Waals surface area (Å²) < 4.78 is 0. The fourth-order valence-corrected chi connectivity index (χ4v) is 1.93. The summed E-state index contributed by atoms with van der Waals surface area (Å²) in [5.41, 5.74) is 1.81. The lowest BCUT2D eigenvalue weighted by molar-refractivity contribution is -0.138. The number of pyridine rings is 1. The van der Waals surface area contributed by atoms with E-state index in [1.807, 2.05) is 13.0 Å².